The van der Waals surface area contributed by atoms with Crippen molar-refractivity contribution in [2.75, 3.05) is 5.32 Å². The van der Waals surface area contributed by atoms with E-state index in [0.717, 1.165) is 12.1 Å². The zero-order valence-electron chi connectivity index (χ0n) is 12.6. The van der Waals surface area contributed by atoms with E-state index in [4.69, 9.17) is 0 Å². The third-order valence-electron chi connectivity index (χ3n) is 3.48. The lowest BCUT2D eigenvalue weighted by atomic mass is 10.1. The molecule has 0 fully saturated rings. The van der Waals surface area contributed by atoms with Gasteiger partial charge < -0.3 is 10.6 Å². The monoisotopic (exact) mass is 282 g/mol. The van der Waals surface area contributed by atoms with Gasteiger partial charge in [-0.3, -0.25) is 4.79 Å². The molecule has 1 amide bonds. The van der Waals surface area contributed by atoms with E-state index >= 15 is 0 Å². The molecule has 0 heterocycles. The molecule has 2 aromatic carbocycles. The van der Waals surface area contributed by atoms with Gasteiger partial charge in [0.2, 0.25) is 5.91 Å². The average Bonchev–Trinajstić information content (AvgIpc) is 2.54. The van der Waals surface area contributed by atoms with Gasteiger partial charge in [-0.05, 0) is 36.6 Å². The molecule has 21 heavy (non-hydrogen) atoms. The van der Waals surface area contributed by atoms with Crippen molar-refractivity contribution < 1.29 is 4.79 Å². The van der Waals surface area contributed by atoms with Crippen LogP contribution in [0.15, 0.2) is 54.6 Å². The van der Waals surface area contributed by atoms with Crippen LogP contribution in [0.5, 0.6) is 0 Å². The van der Waals surface area contributed by atoms with Crippen molar-refractivity contribution in [2.45, 2.75) is 32.9 Å². The van der Waals surface area contributed by atoms with Gasteiger partial charge in [-0.2, -0.15) is 0 Å². The van der Waals surface area contributed by atoms with Gasteiger partial charge in [0.25, 0.3) is 0 Å². The molecule has 1 unspecified atom stereocenters. The lowest BCUT2D eigenvalue weighted by molar-refractivity contribution is -0.117. The molecule has 110 valence electrons. The zero-order chi connectivity index (χ0) is 15.1. The van der Waals surface area contributed by atoms with E-state index in [0.29, 0.717) is 6.54 Å². The molecule has 0 aliphatic heterocycles. The summed E-state index contributed by atoms with van der Waals surface area (Å²) >= 11 is 0. The quantitative estimate of drug-likeness (QED) is 0.853. The summed E-state index contributed by atoms with van der Waals surface area (Å²) in [6.45, 7) is 4.70. The van der Waals surface area contributed by atoms with Gasteiger partial charge in [0, 0.05) is 12.2 Å². The van der Waals surface area contributed by atoms with E-state index in [1.54, 1.807) is 0 Å². The second-order valence-electron chi connectivity index (χ2n) is 5.13. The van der Waals surface area contributed by atoms with Crippen molar-refractivity contribution in [3.63, 3.8) is 0 Å². The van der Waals surface area contributed by atoms with Crippen LogP contribution in [-0.2, 0) is 17.8 Å². The summed E-state index contributed by atoms with van der Waals surface area (Å²) in [5.74, 6) is -0.0219. The number of anilines is 1. The maximum atomic E-state index is 12.1. The van der Waals surface area contributed by atoms with Crippen LogP contribution in [0, 0.1) is 0 Å². The van der Waals surface area contributed by atoms with Crippen LogP contribution >= 0.6 is 0 Å². The van der Waals surface area contributed by atoms with Gasteiger partial charge >= 0.3 is 0 Å². The fourth-order valence-corrected chi connectivity index (χ4v) is 2.03. The Bertz CT molecular complexity index is 564. The first-order valence-electron chi connectivity index (χ1n) is 7.36. The number of nitrogens with one attached hydrogen (secondary N) is 2. The van der Waals surface area contributed by atoms with Crippen LogP contribution in [0.2, 0.25) is 0 Å². The van der Waals surface area contributed by atoms with E-state index in [1.807, 2.05) is 37.3 Å². The predicted molar refractivity (Wildman–Crippen MR) is 87.2 cm³/mol. The fraction of sp³-hybridized carbons (Fsp3) is 0.278. The number of carbonyl (C=O) groups is 1. The van der Waals surface area contributed by atoms with Gasteiger partial charge in [0.05, 0.1) is 6.04 Å². The number of amides is 1. The molecule has 2 aromatic rings. The molecule has 2 N–H and O–H groups in total. The van der Waals surface area contributed by atoms with E-state index < -0.39 is 0 Å². The molecule has 0 aliphatic rings. The Morgan fingerprint density at radius 2 is 1.62 bits per heavy atom. The van der Waals surface area contributed by atoms with Crippen molar-refractivity contribution in [3.05, 3.63) is 65.7 Å². The van der Waals surface area contributed by atoms with Gasteiger partial charge in [-0.15, -0.1) is 0 Å². The summed E-state index contributed by atoms with van der Waals surface area (Å²) < 4.78 is 0. The third kappa shape index (κ3) is 4.72. The standard InChI is InChI=1S/C18H22N2O/c1-3-15-9-11-16(12-10-15)13-19-14(2)18(21)20-17-7-5-4-6-8-17/h4-12,14,19H,3,13H2,1-2H3,(H,20,21). The molecule has 0 saturated carbocycles. The van der Waals surface area contributed by atoms with Crippen molar-refractivity contribution in [3.8, 4) is 0 Å². The van der Waals surface area contributed by atoms with Crippen LogP contribution < -0.4 is 10.6 Å². The van der Waals surface area contributed by atoms with Crippen LogP contribution in [0.4, 0.5) is 5.69 Å². The lowest BCUT2D eigenvalue weighted by Crippen LogP contribution is -2.37. The minimum atomic E-state index is -0.240. The van der Waals surface area contributed by atoms with E-state index in [1.165, 1.54) is 11.1 Å². The molecule has 0 saturated heterocycles. The molecular formula is C18H22N2O. The Morgan fingerprint density at radius 1 is 1.00 bits per heavy atom. The Balaban J connectivity index is 1.83. The summed E-state index contributed by atoms with van der Waals surface area (Å²) in [5.41, 5.74) is 3.34. The highest BCUT2D eigenvalue weighted by molar-refractivity contribution is 5.94. The van der Waals surface area contributed by atoms with Crippen molar-refractivity contribution in [1.82, 2.24) is 5.32 Å². The molecule has 1 atom stereocenters. The summed E-state index contributed by atoms with van der Waals surface area (Å²) in [6, 6.07) is 17.7. The van der Waals surface area contributed by atoms with Crippen LogP contribution in [0.25, 0.3) is 0 Å². The number of aryl methyl sites for hydroxylation is 1. The Kier molecular flexibility index (Phi) is 5.52. The van der Waals surface area contributed by atoms with Crippen molar-refractivity contribution in [1.29, 1.82) is 0 Å². The molecule has 3 nitrogen and oxygen atoms in total. The second kappa shape index (κ2) is 7.60. The number of hydrogen-bond acceptors (Lipinski definition) is 2. The van der Waals surface area contributed by atoms with Crippen molar-refractivity contribution in [2.24, 2.45) is 0 Å². The number of rotatable bonds is 6. The van der Waals surface area contributed by atoms with Crippen LogP contribution in [0.1, 0.15) is 25.0 Å². The molecule has 0 spiro atoms. The second-order valence-corrected chi connectivity index (χ2v) is 5.13. The third-order valence-corrected chi connectivity index (χ3v) is 3.48. The summed E-state index contributed by atoms with van der Waals surface area (Å²) in [4.78, 5) is 12.1. The number of carbonyl (C=O) groups excluding carboxylic acids is 1. The molecule has 0 bridgehead atoms. The minimum absolute atomic E-state index is 0.0219. The Hall–Kier alpha value is -2.13. The van der Waals surface area contributed by atoms with E-state index in [-0.39, 0.29) is 11.9 Å². The summed E-state index contributed by atoms with van der Waals surface area (Å²) in [6.07, 6.45) is 1.05. The maximum Gasteiger partial charge on any atom is 0.241 e. The van der Waals surface area contributed by atoms with Gasteiger partial charge in [-0.1, -0.05) is 49.4 Å². The lowest BCUT2D eigenvalue weighted by Gasteiger charge is -2.14. The highest BCUT2D eigenvalue weighted by atomic mass is 16.2. The molecule has 0 aromatic heterocycles. The first-order chi connectivity index (χ1) is 10.2. The van der Waals surface area contributed by atoms with E-state index in [9.17, 15) is 4.79 Å². The highest BCUT2D eigenvalue weighted by Crippen LogP contribution is 2.07. The van der Waals surface area contributed by atoms with Gasteiger partial charge in [0.15, 0.2) is 0 Å². The highest BCUT2D eigenvalue weighted by Gasteiger charge is 2.11. The molecule has 2 rings (SSSR count). The van der Waals surface area contributed by atoms with E-state index in [2.05, 4.69) is 41.8 Å². The van der Waals surface area contributed by atoms with Crippen LogP contribution in [0.3, 0.4) is 0 Å². The largest absolute Gasteiger partial charge is 0.325 e. The Labute approximate surface area is 126 Å². The number of benzene rings is 2. The first-order valence-corrected chi connectivity index (χ1v) is 7.36. The summed E-state index contributed by atoms with van der Waals surface area (Å²) in [5, 5.41) is 6.14. The number of para-hydroxylation sites is 1. The van der Waals surface area contributed by atoms with Gasteiger partial charge in [0.1, 0.15) is 0 Å². The normalized spacial score (nSPS) is 11.9. The number of hydrogen-bond donors (Lipinski definition) is 2. The smallest absolute Gasteiger partial charge is 0.241 e. The average molecular weight is 282 g/mol. The van der Waals surface area contributed by atoms with Gasteiger partial charge in [-0.25, -0.2) is 0 Å². The maximum absolute atomic E-state index is 12.1. The SMILES string of the molecule is CCc1ccc(CNC(C)C(=O)Nc2ccccc2)cc1. The predicted octanol–water partition coefficient (Wildman–Crippen LogP) is 3.37. The topological polar surface area (TPSA) is 41.1 Å². The minimum Gasteiger partial charge on any atom is -0.325 e. The molecule has 0 aliphatic carbocycles. The molecule has 3 heteroatoms. The van der Waals surface area contributed by atoms with Crippen LogP contribution in [-0.4, -0.2) is 11.9 Å². The van der Waals surface area contributed by atoms with Crippen molar-refractivity contribution >= 4 is 11.6 Å². The first kappa shape index (κ1) is 15.3. The Morgan fingerprint density at radius 3 is 2.24 bits per heavy atom. The molecule has 0 radical (unpaired) electrons. The zero-order valence-corrected chi connectivity index (χ0v) is 12.6. The fourth-order valence-electron chi connectivity index (χ4n) is 2.03. The summed E-state index contributed by atoms with van der Waals surface area (Å²) in [7, 11) is 0. The molecular weight excluding hydrogens is 260 g/mol.